The predicted molar refractivity (Wildman–Crippen MR) is 57.6 cm³/mol. The van der Waals surface area contributed by atoms with Gasteiger partial charge in [0.2, 0.25) is 0 Å². The summed E-state index contributed by atoms with van der Waals surface area (Å²) in [5.74, 6) is 1.07. The molecule has 1 nitrogen and oxygen atoms in total. The summed E-state index contributed by atoms with van der Waals surface area (Å²) in [5, 5.41) is 0. The van der Waals surface area contributed by atoms with E-state index in [9.17, 15) is 4.79 Å². The fourth-order valence-electron chi connectivity index (χ4n) is 1.53. The van der Waals surface area contributed by atoms with Gasteiger partial charge in [0, 0.05) is 11.8 Å². The van der Waals surface area contributed by atoms with E-state index in [0.29, 0.717) is 11.7 Å². The highest BCUT2D eigenvalue weighted by Gasteiger charge is 2.23. The van der Waals surface area contributed by atoms with Gasteiger partial charge < -0.3 is 0 Å². The maximum atomic E-state index is 11.9. The summed E-state index contributed by atoms with van der Waals surface area (Å²) in [6.45, 7) is 11.9. The molecule has 0 fully saturated rings. The highest BCUT2D eigenvalue weighted by molar-refractivity contribution is 5.83. The van der Waals surface area contributed by atoms with Crippen molar-refractivity contribution in [3.05, 3.63) is 12.7 Å². The van der Waals surface area contributed by atoms with Gasteiger partial charge in [-0.15, -0.1) is 6.58 Å². The number of carbonyl (C=O) groups excluding carboxylic acids is 1. The van der Waals surface area contributed by atoms with Crippen LogP contribution in [0.15, 0.2) is 12.7 Å². The predicted octanol–water partition coefficient (Wildman–Crippen LogP) is 3.45. The second-order valence-corrected chi connectivity index (χ2v) is 3.80. The minimum Gasteiger partial charge on any atom is -0.299 e. The van der Waals surface area contributed by atoms with Crippen molar-refractivity contribution in [1.29, 1.82) is 0 Å². The molecule has 0 heterocycles. The molecule has 0 radical (unpaired) electrons. The molecule has 0 N–H and O–H groups in total. The van der Waals surface area contributed by atoms with Crippen LogP contribution in [0.2, 0.25) is 0 Å². The highest BCUT2D eigenvalue weighted by Crippen LogP contribution is 2.21. The summed E-state index contributed by atoms with van der Waals surface area (Å²) in [6.07, 6.45) is 3.79. The van der Waals surface area contributed by atoms with Gasteiger partial charge in [0.15, 0.2) is 0 Å². The fraction of sp³-hybridized carbons (Fsp3) is 0.750. The smallest absolute Gasteiger partial charge is 0.139 e. The van der Waals surface area contributed by atoms with E-state index in [-0.39, 0.29) is 11.8 Å². The molecule has 0 aliphatic heterocycles. The van der Waals surface area contributed by atoms with Crippen molar-refractivity contribution in [1.82, 2.24) is 0 Å². The van der Waals surface area contributed by atoms with Crippen LogP contribution in [0, 0.1) is 17.8 Å². The Hall–Kier alpha value is -0.590. The Balaban J connectivity index is 4.30. The van der Waals surface area contributed by atoms with Crippen LogP contribution in [0.25, 0.3) is 0 Å². The first-order valence-corrected chi connectivity index (χ1v) is 5.24. The monoisotopic (exact) mass is 182 g/mol. The van der Waals surface area contributed by atoms with Gasteiger partial charge in [-0.3, -0.25) is 4.79 Å². The molecule has 0 saturated heterocycles. The second kappa shape index (κ2) is 5.95. The summed E-state index contributed by atoms with van der Waals surface area (Å²) in [7, 11) is 0. The Bertz CT molecular complexity index is 168. The molecule has 2 unspecified atom stereocenters. The van der Waals surface area contributed by atoms with Gasteiger partial charge in [0.25, 0.3) is 0 Å². The minimum atomic E-state index is 0.127. The molecule has 0 amide bonds. The van der Waals surface area contributed by atoms with Gasteiger partial charge in [-0.1, -0.05) is 33.8 Å². The summed E-state index contributed by atoms with van der Waals surface area (Å²) in [6, 6.07) is 0. The van der Waals surface area contributed by atoms with Gasteiger partial charge in [-0.2, -0.15) is 0 Å². The highest BCUT2D eigenvalue weighted by atomic mass is 16.1. The molecular formula is C12H22O. The Kier molecular flexibility index (Phi) is 5.68. The van der Waals surface area contributed by atoms with Crippen LogP contribution >= 0.6 is 0 Å². The van der Waals surface area contributed by atoms with Crippen LogP contribution in [-0.4, -0.2) is 5.78 Å². The van der Waals surface area contributed by atoms with E-state index in [4.69, 9.17) is 0 Å². The first kappa shape index (κ1) is 12.4. The molecule has 13 heavy (non-hydrogen) atoms. The van der Waals surface area contributed by atoms with E-state index in [0.717, 1.165) is 12.8 Å². The number of ketones is 1. The van der Waals surface area contributed by atoms with Crippen molar-refractivity contribution >= 4 is 5.78 Å². The molecule has 0 saturated carbocycles. The van der Waals surface area contributed by atoms with Crippen molar-refractivity contribution in [2.24, 2.45) is 17.8 Å². The molecule has 0 aromatic rings. The molecule has 1 heteroatoms. The lowest BCUT2D eigenvalue weighted by Crippen LogP contribution is -2.24. The summed E-state index contributed by atoms with van der Waals surface area (Å²) in [4.78, 5) is 11.9. The van der Waals surface area contributed by atoms with Crippen molar-refractivity contribution < 1.29 is 4.79 Å². The summed E-state index contributed by atoms with van der Waals surface area (Å²) >= 11 is 0. The van der Waals surface area contributed by atoms with Crippen LogP contribution in [0.1, 0.15) is 40.5 Å². The average molecular weight is 182 g/mol. The van der Waals surface area contributed by atoms with Gasteiger partial charge in [-0.05, 0) is 18.8 Å². The third-order valence-electron chi connectivity index (χ3n) is 3.00. The van der Waals surface area contributed by atoms with Gasteiger partial charge in [-0.25, -0.2) is 0 Å². The van der Waals surface area contributed by atoms with E-state index >= 15 is 0 Å². The molecular weight excluding hydrogens is 160 g/mol. The Morgan fingerprint density at radius 1 is 1.31 bits per heavy atom. The molecule has 0 aliphatic rings. The topological polar surface area (TPSA) is 17.1 Å². The quantitative estimate of drug-likeness (QED) is 0.575. The number of carbonyl (C=O) groups is 1. The zero-order chi connectivity index (χ0) is 10.4. The normalized spacial score (nSPS) is 15.5. The van der Waals surface area contributed by atoms with Gasteiger partial charge >= 0.3 is 0 Å². The van der Waals surface area contributed by atoms with Crippen molar-refractivity contribution in [2.45, 2.75) is 40.5 Å². The second-order valence-electron chi connectivity index (χ2n) is 3.80. The number of rotatable bonds is 6. The summed E-state index contributed by atoms with van der Waals surface area (Å²) < 4.78 is 0. The lowest BCUT2D eigenvalue weighted by atomic mass is 9.83. The number of hydrogen-bond donors (Lipinski definition) is 0. The van der Waals surface area contributed by atoms with E-state index in [2.05, 4.69) is 27.4 Å². The van der Waals surface area contributed by atoms with E-state index < -0.39 is 0 Å². The van der Waals surface area contributed by atoms with Crippen LogP contribution in [0.3, 0.4) is 0 Å². The summed E-state index contributed by atoms with van der Waals surface area (Å²) in [5.41, 5.74) is 0. The lowest BCUT2D eigenvalue weighted by molar-refractivity contribution is -0.127. The third-order valence-corrected chi connectivity index (χ3v) is 3.00. The number of allylic oxidation sites excluding steroid dienone is 1. The average Bonchev–Trinajstić information content (AvgIpc) is 2.17. The molecule has 0 spiro atoms. The van der Waals surface area contributed by atoms with Crippen molar-refractivity contribution in [3.63, 3.8) is 0 Å². The van der Waals surface area contributed by atoms with Crippen molar-refractivity contribution in [3.8, 4) is 0 Å². The zero-order valence-corrected chi connectivity index (χ0v) is 9.34. The maximum Gasteiger partial charge on any atom is 0.139 e. The Morgan fingerprint density at radius 3 is 2.08 bits per heavy atom. The van der Waals surface area contributed by atoms with Crippen LogP contribution in [0.5, 0.6) is 0 Å². The molecule has 76 valence electrons. The minimum absolute atomic E-state index is 0.127. The molecule has 0 aromatic carbocycles. The van der Waals surface area contributed by atoms with Gasteiger partial charge in [0.05, 0.1) is 0 Å². The zero-order valence-electron chi connectivity index (χ0n) is 9.34. The van der Waals surface area contributed by atoms with Crippen LogP contribution in [-0.2, 0) is 4.79 Å². The Morgan fingerprint density at radius 2 is 1.77 bits per heavy atom. The SMILES string of the molecule is C=CC(C)C(C)C(=O)C(CC)CC. The standard InChI is InChI=1S/C12H22O/c1-6-9(4)10(5)12(13)11(7-2)8-3/h6,9-11H,1,7-8H2,2-5H3. The third kappa shape index (κ3) is 3.33. The van der Waals surface area contributed by atoms with Crippen molar-refractivity contribution in [2.75, 3.05) is 0 Å². The fourth-order valence-corrected chi connectivity index (χ4v) is 1.53. The molecule has 0 aliphatic carbocycles. The largest absolute Gasteiger partial charge is 0.299 e. The Labute approximate surface area is 82.2 Å². The molecule has 0 aromatic heterocycles. The maximum absolute atomic E-state index is 11.9. The first-order chi connectivity index (χ1) is 6.08. The lowest BCUT2D eigenvalue weighted by Gasteiger charge is -2.20. The molecule has 0 bridgehead atoms. The molecule has 2 atom stereocenters. The number of hydrogen-bond acceptors (Lipinski definition) is 1. The van der Waals surface area contributed by atoms with E-state index in [1.165, 1.54) is 0 Å². The molecule has 0 rings (SSSR count). The van der Waals surface area contributed by atoms with E-state index in [1.807, 2.05) is 13.0 Å². The van der Waals surface area contributed by atoms with E-state index in [1.54, 1.807) is 0 Å². The van der Waals surface area contributed by atoms with Crippen LogP contribution in [0.4, 0.5) is 0 Å². The number of Topliss-reactive ketones (excluding diaryl/α,β-unsaturated/α-hetero) is 1. The van der Waals surface area contributed by atoms with Gasteiger partial charge in [0.1, 0.15) is 5.78 Å². The first-order valence-electron chi connectivity index (χ1n) is 5.24. The van der Waals surface area contributed by atoms with Crippen LogP contribution < -0.4 is 0 Å².